The maximum atomic E-state index is 10.1. The van der Waals surface area contributed by atoms with Crippen LogP contribution in [0.2, 0.25) is 0 Å². The van der Waals surface area contributed by atoms with Crippen molar-refractivity contribution < 1.29 is 5.11 Å². The van der Waals surface area contributed by atoms with Crippen molar-refractivity contribution in [1.29, 1.82) is 0 Å². The second-order valence-electron chi connectivity index (χ2n) is 5.80. The first kappa shape index (κ1) is 10.4. The van der Waals surface area contributed by atoms with Crippen molar-refractivity contribution in [3.8, 4) is 11.2 Å². The lowest BCUT2D eigenvalue weighted by atomic mass is 9.50. The topological polar surface area (TPSA) is 20.2 Å². The van der Waals surface area contributed by atoms with E-state index in [1.54, 1.807) is 0 Å². The normalized spacial score (nSPS) is 28.3. The summed E-state index contributed by atoms with van der Waals surface area (Å²) in [6, 6.07) is 0. The van der Waals surface area contributed by atoms with Gasteiger partial charge in [0.15, 0.2) is 0 Å². The molecule has 0 heterocycles. The van der Waals surface area contributed by atoms with E-state index in [4.69, 9.17) is 0 Å². The van der Waals surface area contributed by atoms with E-state index in [-0.39, 0.29) is 0 Å². The van der Waals surface area contributed by atoms with Gasteiger partial charge in [-0.15, -0.1) is 0 Å². The standard InChI is InChI=1S/C12H20OS/c1-14(2,3)8-7-12(13)9-11(10-12)5-4-6-11/h13H,4-6,9-10H2,1-3H3. The number of rotatable bonds is 0. The molecule has 0 aromatic rings. The lowest BCUT2D eigenvalue weighted by molar-refractivity contribution is -0.125. The minimum absolute atomic E-state index is 0.511. The first-order valence-corrected chi connectivity index (χ1v) is 8.13. The van der Waals surface area contributed by atoms with Crippen LogP contribution in [0, 0.1) is 16.6 Å². The Morgan fingerprint density at radius 1 is 1.14 bits per heavy atom. The molecule has 2 heteroatoms. The molecule has 0 radical (unpaired) electrons. The van der Waals surface area contributed by atoms with E-state index in [2.05, 4.69) is 29.9 Å². The molecule has 0 bridgehead atoms. The van der Waals surface area contributed by atoms with Crippen LogP contribution in [0.1, 0.15) is 32.1 Å². The molecular formula is C12H20OS. The van der Waals surface area contributed by atoms with E-state index in [0.717, 1.165) is 12.8 Å². The van der Waals surface area contributed by atoms with Gasteiger partial charge in [-0.25, -0.2) is 0 Å². The summed E-state index contributed by atoms with van der Waals surface area (Å²) in [5, 5.41) is 13.3. The highest BCUT2D eigenvalue weighted by atomic mass is 32.3. The van der Waals surface area contributed by atoms with Gasteiger partial charge in [0.1, 0.15) is 5.60 Å². The highest BCUT2D eigenvalue weighted by Crippen LogP contribution is 2.60. The van der Waals surface area contributed by atoms with Crippen LogP contribution in [-0.4, -0.2) is 29.5 Å². The third-order valence-corrected chi connectivity index (χ3v) is 4.05. The van der Waals surface area contributed by atoms with Crippen LogP contribution in [0.4, 0.5) is 0 Å². The molecule has 14 heavy (non-hydrogen) atoms. The van der Waals surface area contributed by atoms with Gasteiger partial charge in [-0.05, 0) is 49.9 Å². The second-order valence-corrected chi connectivity index (χ2v) is 9.68. The predicted octanol–water partition coefficient (Wildman–Crippen LogP) is 2.34. The van der Waals surface area contributed by atoms with Gasteiger partial charge in [-0.3, -0.25) is 0 Å². The molecule has 0 aromatic carbocycles. The maximum absolute atomic E-state index is 10.1. The molecule has 0 aromatic heterocycles. The van der Waals surface area contributed by atoms with Gasteiger partial charge in [0.2, 0.25) is 0 Å². The number of hydrogen-bond donors (Lipinski definition) is 1. The van der Waals surface area contributed by atoms with Crippen LogP contribution < -0.4 is 0 Å². The zero-order valence-corrected chi connectivity index (χ0v) is 10.2. The molecule has 0 saturated heterocycles. The van der Waals surface area contributed by atoms with E-state index in [9.17, 15) is 5.11 Å². The Hall–Kier alpha value is -0.130. The number of aliphatic hydroxyl groups is 1. The predicted molar refractivity (Wildman–Crippen MR) is 63.6 cm³/mol. The Morgan fingerprint density at radius 3 is 2.07 bits per heavy atom. The highest BCUT2D eigenvalue weighted by molar-refractivity contribution is 8.35. The molecule has 1 spiro atoms. The Labute approximate surface area is 88.6 Å². The fourth-order valence-corrected chi connectivity index (χ4v) is 3.05. The van der Waals surface area contributed by atoms with E-state index < -0.39 is 15.6 Å². The molecule has 80 valence electrons. The van der Waals surface area contributed by atoms with Crippen LogP contribution in [-0.2, 0) is 0 Å². The lowest BCUT2D eigenvalue weighted by Crippen LogP contribution is -2.54. The molecule has 2 aliphatic carbocycles. The summed E-state index contributed by atoms with van der Waals surface area (Å²) in [6.07, 6.45) is 12.4. The Morgan fingerprint density at radius 2 is 1.71 bits per heavy atom. The molecule has 1 nitrogen and oxygen atoms in total. The summed E-state index contributed by atoms with van der Waals surface area (Å²) < 4.78 is 0. The zero-order chi connectivity index (χ0) is 10.4. The van der Waals surface area contributed by atoms with Crippen molar-refractivity contribution in [3.63, 3.8) is 0 Å². The lowest BCUT2D eigenvalue weighted by Gasteiger charge is -2.56. The molecule has 1 N–H and O–H groups in total. The molecule has 2 saturated carbocycles. The van der Waals surface area contributed by atoms with Crippen molar-refractivity contribution in [1.82, 2.24) is 0 Å². The Kier molecular flexibility index (Phi) is 2.18. The molecule has 0 amide bonds. The minimum Gasteiger partial charge on any atom is -0.378 e. The van der Waals surface area contributed by atoms with Crippen molar-refractivity contribution in [2.24, 2.45) is 5.41 Å². The maximum Gasteiger partial charge on any atom is 0.127 e. The summed E-state index contributed by atoms with van der Waals surface area (Å²) in [7, 11) is -0.781. The monoisotopic (exact) mass is 212 g/mol. The number of hydrogen-bond acceptors (Lipinski definition) is 1. The SMILES string of the molecule is CS(C)(C)C#CC1(O)CC2(CCC2)C1. The van der Waals surface area contributed by atoms with Gasteiger partial charge in [0, 0.05) is 0 Å². The van der Waals surface area contributed by atoms with Crippen LogP contribution in [0.5, 0.6) is 0 Å². The summed E-state index contributed by atoms with van der Waals surface area (Å²) in [4.78, 5) is 0. The molecule has 2 fully saturated rings. The smallest absolute Gasteiger partial charge is 0.127 e. The molecule has 0 atom stereocenters. The van der Waals surface area contributed by atoms with Crippen molar-refractivity contribution in [2.75, 3.05) is 18.8 Å². The van der Waals surface area contributed by atoms with Crippen molar-refractivity contribution in [3.05, 3.63) is 0 Å². The van der Waals surface area contributed by atoms with Crippen molar-refractivity contribution >= 4 is 10.0 Å². The van der Waals surface area contributed by atoms with E-state index >= 15 is 0 Å². The van der Waals surface area contributed by atoms with Gasteiger partial charge >= 0.3 is 0 Å². The molecule has 0 aliphatic heterocycles. The van der Waals surface area contributed by atoms with Gasteiger partial charge in [-0.1, -0.05) is 17.6 Å². The van der Waals surface area contributed by atoms with Gasteiger partial charge in [0.05, 0.1) is 0 Å². The van der Waals surface area contributed by atoms with Gasteiger partial charge in [0.25, 0.3) is 0 Å². The van der Waals surface area contributed by atoms with E-state index in [1.807, 2.05) is 0 Å². The summed E-state index contributed by atoms with van der Waals surface area (Å²) >= 11 is 0. The largest absolute Gasteiger partial charge is 0.378 e. The Balaban J connectivity index is 1.96. The molecular weight excluding hydrogens is 192 g/mol. The van der Waals surface area contributed by atoms with Gasteiger partial charge < -0.3 is 5.11 Å². The summed E-state index contributed by atoms with van der Waals surface area (Å²) in [6.45, 7) is 0. The highest BCUT2D eigenvalue weighted by Gasteiger charge is 2.55. The van der Waals surface area contributed by atoms with Crippen LogP contribution in [0.15, 0.2) is 0 Å². The quantitative estimate of drug-likeness (QED) is 0.611. The van der Waals surface area contributed by atoms with Crippen molar-refractivity contribution in [2.45, 2.75) is 37.7 Å². The van der Waals surface area contributed by atoms with Crippen LogP contribution in [0.25, 0.3) is 0 Å². The van der Waals surface area contributed by atoms with E-state index in [0.29, 0.717) is 5.41 Å². The molecule has 2 rings (SSSR count). The third kappa shape index (κ3) is 1.94. The van der Waals surface area contributed by atoms with Gasteiger partial charge in [-0.2, -0.15) is 10.0 Å². The average Bonchev–Trinajstić information content (AvgIpc) is 1.90. The third-order valence-electron chi connectivity index (χ3n) is 3.34. The molecule has 2 aliphatic rings. The Bertz CT molecular complexity index is 291. The zero-order valence-electron chi connectivity index (χ0n) is 9.39. The summed E-state index contributed by atoms with van der Waals surface area (Å²) in [5.74, 6) is 3.10. The summed E-state index contributed by atoms with van der Waals surface area (Å²) in [5.41, 5.74) is -0.114. The average molecular weight is 212 g/mol. The first-order chi connectivity index (χ1) is 6.33. The molecule has 0 unspecified atom stereocenters. The van der Waals surface area contributed by atoms with Crippen LogP contribution >= 0.6 is 10.0 Å². The second kappa shape index (κ2) is 2.93. The first-order valence-electron chi connectivity index (χ1n) is 5.27. The minimum atomic E-state index is -0.781. The van der Waals surface area contributed by atoms with E-state index in [1.165, 1.54) is 19.3 Å². The fourth-order valence-electron chi connectivity index (χ4n) is 2.56. The fraction of sp³-hybridized carbons (Fsp3) is 0.833. The van der Waals surface area contributed by atoms with Crippen LogP contribution in [0.3, 0.4) is 0 Å².